The average Bonchev–Trinajstić information content (AvgIpc) is 2.70. The molecule has 0 aromatic heterocycles. The molecule has 0 atom stereocenters. The fourth-order valence-electron chi connectivity index (χ4n) is 2.38. The predicted molar refractivity (Wildman–Crippen MR) is 104 cm³/mol. The number of rotatable bonds is 11. The Hall–Kier alpha value is -2.92. The molecule has 0 bridgehead atoms. The second-order valence-electron chi connectivity index (χ2n) is 5.81. The maximum atomic E-state index is 12.1. The van der Waals surface area contributed by atoms with Crippen molar-refractivity contribution in [3.63, 3.8) is 0 Å². The number of carbonyl (C=O) groups excluding carboxylic acids is 1. The zero-order chi connectivity index (χ0) is 20.2. The standard InChI is InChI=1S/C21H23NO6/c1-25-6-7-26-8-9-27-10-11-28-21(24)19(15-22)13-16-2-3-18-14-20(23)5-4-17(18)12-16/h2-5,12-14,23H,6-11H2,1H3/b19-13-. The molecule has 2 aromatic carbocycles. The van der Waals surface area contributed by atoms with Gasteiger partial charge in [0.15, 0.2) is 0 Å². The molecule has 0 fully saturated rings. The molecule has 0 spiro atoms. The minimum atomic E-state index is -0.701. The summed E-state index contributed by atoms with van der Waals surface area (Å²) in [6.07, 6.45) is 1.47. The second kappa shape index (κ2) is 11.7. The SMILES string of the molecule is COCCOCCOCCOC(=O)/C(C#N)=C\c1ccc2cc(O)ccc2c1. The van der Waals surface area contributed by atoms with E-state index in [-0.39, 0.29) is 24.5 Å². The number of nitrogens with zero attached hydrogens (tertiary/aromatic N) is 1. The molecule has 0 heterocycles. The highest BCUT2D eigenvalue weighted by atomic mass is 16.6. The Morgan fingerprint density at radius 2 is 1.64 bits per heavy atom. The highest BCUT2D eigenvalue weighted by molar-refractivity contribution is 5.98. The van der Waals surface area contributed by atoms with E-state index in [4.69, 9.17) is 18.9 Å². The molecule has 7 heteroatoms. The van der Waals surface area contributed by atoms with E-state index >= 15 is 0 Å². The highest BCUT2D eigenvalue weighted by Crippen LogP contribution is 2.22. The monoisotopic (exact) mass is 385 g/mol. The van der Waals surface area contributed by atoms with Crippen LogP contribution in [0.15, 0.2) is 42.0 Å². The Morgan fingerprint density at radius 3 is 2.36 bits per heavy atom. The maximum absolute atomic E-state index is 12.1. The van der Waals surface area contributed by atoms with Crippen molar-refractivity contribution >= 4 is 22.8 Å². The summed E-state index contributed by atoms with van der Waals surface area (Å²) >= 11 is 0. The van der Waals surface area contributed by atoms with Gasteiger partial charge in [0.05, 0.1) is 33.0 Å². The van der Waals surface area contributed by atoms with Gasteiger partial charge in [0.1, 0.15) is 24.0 Å². The molecule has 0 aliphatic carbocycles. The van der Waals surface area contributed by atoms with E-state index in [0.717, 1.165) is 10.8 Å². The van der Waals surface area contributed by atoms with Crippen molar-refractivity contribution < 1.29 is 28.8 Å². The predicted octanol–water partition coefficient (Wildman–Crippen LogP) is 2.68. The molecule has 0 unspecified atom stereocenters. The topological polar surface area (TPSA) is 98.0 Å². The first-order valence-electron chi connectivity index (χ1n) is 8.80. The van der Waals surface area contributed by atoms with Crippen molar-refractivity contribution in [2.24, 2.45) is 0 Å². The summed E-state index contributed by atoms with van der Waals surface area (Å²) in [6, 6.07) is 12.3. The first-order chi connectivity index (χ1) is 13.6. The number of nitriles is 1. The Bertz CT molecular complexity index is 856. The molecule has 7 nitrogen and oxygen atoms in total. The van der Waals surface area contributed by atoms with E-state index < -0.39 is 5.97 Å². The van der Waals surface area contributed by atoms with Crippen LogP contribution in [0.4, 0.5) is 0 Å². The number of fused-ring (bicyclic) bond motifs is 1. The Morgan fingerprint density at radius 1 is 1.00 bits per heavy atom. The Kier molecular flexibility index (Phi) is 8.95. The number of benzene rings is 2. The summed E-state index contributed by atoms with van der Waals surface area (Å²) < 4.78 is 20.4. The van der Waals surface area contributed by atoms with E-state index in [1.165, 1.54) is 6.08 Å². The van der Waals surface area contributed by atoms with Crippen molar-refractivity contribution in [2.75, 3.05) is 46.8 Å². The number of phenolic OH excluding ortho intramolecular Hbond substituents is 1. The summed E-state index contributed by atoms with van der Waals surface area (Å²) in [5.41, 5.74) is 0.595. The third-order valence-electron chi connectivity index (χ3n) is 3.76. The Balaban J connectivity index is 1.81. The molecule has 1 N–H and O–H groups in total. The number of ether oxygens (including phenoxy) is 4. The van der Waals surface area contributed by atoms with Gasteiger partial charge in [-0.1, -0.05) is 18.2 Å². The number of aromatic hydroxyl groups is 1. The van der Waals surface area contributed by atoms with Crippen LogP contribution in [-0.2, 0) is 23.7 Å². The van der Waals surface area contributed by atoms with Gasteiger partial charge in [-0.15, -0.1) is 0 Å². The van der Waals surface area contributed by atoms with Crippen molar-refractivity contribution in [1.82, 2.24) is 0 Å². The molecule has 0 radical (unpaired) electrons. The molecule has 0 saturated carbocycles. The number of hydrogen-bond donors (Lipinski definition) is 1. The number of carbonyl (C=O) groups is 1. The normalized spacial score (nSPS) is 11.4. The molecular formula is C21H23NO6. The second-order valence-corrected chi connectivity index (χ2v) is 5.81. The van der Waals surface area contributed by atoms with Gasteiger partial charge < -0.3 is 24.1 Å². The van der Waals surface area contributed by atoms with E-state index in [0.29, 0.717) is 32.0 Å². The van der Waals surface area contributed by atoms with Gasteiger partial charge in [0.25, 0.3) is 0 Å². The minimum Gasteiger partial charge on any atom is -0.508 e. The minimum absolute atomic E-state index is 0.0485. The third kappa shape index (κ3) is 7.00. The number of hydrogen-bond acceptors (Lipinski definition) is 7. The van der Waals surface area contributed by atoms with Gasteiger partial charge in [-0.05, 0) is 40.6 Å². The summed E-state index contributed by atoms with van der Waals surface area (Å²) in [5, 5.41) is 20.5. The lowest BCUT2D eigenvalue weighted by atomic mass is 10.0. The summed E-state index contributed by atoms with van der Waals surface area (Å²) in [4.78, 5) is 12.1. The Labute approximate surface area is 163 Å². The van der Waals surface area contributed by atoms with Crippen molar-refractivity contribution in [3.05, 3.63) is 47.5 Å². The summed E-state index contributed by atoms with van der Waals surface area (Å²) in [6.45, 7) is 2.11. The smallest absolute Gasteiger partial charge is 0.348 e. The van der Waals surface area contributed by atoms with Crippen molar-refractivity contribution in [3.8, 4) is 11.8 Å². The van der Waals surface area contributed by atoms with Crippen LogP contribution in [0.25, 0.3) is 16.8 Å². The van der Waals surface area contributed by atoms with E-state index in [2.05, 4.69) is 0 Å². The molecule has 0 aliphatic heterocycles. The van der Waals surface area contributed by atoms with E-state index in [1.54, 1.807) is 31.4 Å². The van der Waals surface area contributed by atoms with Crippen molar-refractivity contribution in [2.45, 2.75) is 0 Å². The van der Waals surface area contributed by atoms with Gasteiger partial charge in [-0.25, -0.2) is 4.79 Å². The fourth-order valence-corrected chi connectivity index (χ4v) is 2.38. The van der Waals surface area contributed by atoms with Gasteiger partial charge in [-0.3, -0.25) is 0 Å². The van der Waals surface area contributed by atoms with Crippen LogP contribution in [0, 0.1) is 11.3 Å². The third-order valence-corrected chi connectivity index (χ3v) is 3.76. The van der Waals surface area contributed by atoms with Crippen LogP contribution in [0.5, 0.6) is 5.75 Å². The quantitative estimate of drug-likeness (QED) is 0.275. The molecule has 2 aromatic rings. The molecule has 0 aliphatic rings. The number of esters is 1. The van der Waals surface area contributed by atoms with Crippen molar-refractivity contribution in [1.29, 1.82) is 5.26 Å². The first kappa shape index (κ1) is 21.4. The van der Waals surface area contributed by atoms with Crippen LogP contribution in [-0.4, -0.2) is 57.8 Å². The zero-order valence-corrected chi connectivity index (χ0v) is 15.7. The van der Waals surface area contributed by atoms with E-state index in [9.17, 15) is 15.2 Å². The van der Waals surface area contributed by atoms with Crippen LogP contribution >= 0.6 is 0 Å². The molecule has 0 amide bonds. The lowest BCUT2D eigenvalue weighted by Gasteiger charge is -2.06. The lowest BCUT2D eigenvalue weighted by Crippen LogP contribution is -2.14. The lowest BCUT2D eigenvalue weighted by molar-refractivity contribution is -0.140. The zero-order valence-electron chi connectivity index (χ0n) is 15.7. The first-order valence-corrected chi connectivity index (χ1v) is 8.80. The van der Waals surface area contributed by atoms with Gasteiger partial charge in [-0.2, -0.15) is 5.26 Å². The van der Waals surface area contributed by atoms with Crippen LogP contribution < -0.4 is 0 Å². The molecule has 0 saturated heterocycles. The van der Waals surface area contributed by atoms with Crippen LogP contribution in [0.2, 0.25) is 0 Å². The molecule has 148 valence electrons. The molecule has 28 heavy (non-hydrogen) atoms. The van der Waals surface area contributed by atoms with Gasteiger partial charge in [0, 0.05) is 7.11 Å². The van der Waals surface area contributed by atoms with Crippen LogP contribution in [0.3, 0.4) is 0 Å². The van der Waals surface area contributed by atoms with Crippen LogP contribution in [0.1, 0.15) is 5.56 Å². The summed E-state index contributed by atoms with van der Waals surface area (Å²) in [7, 11) is 1.60. The highest BCUT2D eigenvalue weighted by Gasteiger charge is 2.11. The number of phenols is 1. The fraction of sp³-hybridized carbons (Fsp3) is 0.333. The average molecular weight is 385 g/mol. The summed E-state index contributed by atoms with van der Waals surface area (Å²) in [5.74, 6) is -0.519. The van der Waals surface area contributed by atoms with Gasteiger partial charge in [0.2, 0.25) is 0 Å². The number of methoxy groups -OCH3 is 1. The molecule has 2 rings (SSSR count). The van der Waals surface area contributed by atoms with E-state index in [1.807, 2.05) is 18.2 Å². The maximum Gasteiger partial charge on any atom is 0.348 e. The molecular weight excluding hydrogens is 362 g/mol. The largest absolute Gasteiger partial charge is 0.508 e. The van der Waals surface area contributed by atoms with Gasteiger partial charge >= 0.3 is 5.97 Å².